The summed E-state index contributed by atoms with van der Waals surface area (Å²) in [5.74, 6) is 0.197. The molecule has 2 aromatic rings. The lowest BCUT2D eigenvalue weighted by molar-refractivity contribution is 0.555. The highest BCUT2D eigenvalue weighted by Crippen LogP contribution is 2.23. The van der Waals surface area contributed by atoms with Gasteiger partial charge in [0.25, 0.3) is 0 Å². The Morgan fingerprint density at radius 1 is 1.15 bits per heavy atom. The summed E-state index contributed by atoms with van der Waals surface area (Å²) in [6.07, 6.45) is 2.83. The highest BCUT2D eigenvalue weighted by Gasteiger charge is 2.26. The van der Waals surface area contributed by atoms with Crippen molar-refractivity contribution in [3.8, 4) is 0 Å². The molecular weight excluding hydrogens is 274 g/mol. The van der Waals surface area contributed by atoms with Crippen molar-refractivity contribution in [1.82, 2.24) is 9.71 Å². The Morgan fingerprint density at radius 2 is 1.80 bits per heavy atom. The first-order valence-electron chi connectivity index (χ1n) is 6.35. The monoisotopic (exact) mass is 289 g/mol. The third-order valence-electron chi connectivity index (χ3n) is 3.44. The number of fused-ring (bicyclic) bond motifs is 1. The van der Waals surface area contributed by atoms with E-state index in [2.05, 4.69) is 9.71 Å². The van der Waals surface area contributed by atoms with E-state index in [4.69, 9.17) is 5.73 Å². The Hall–Kier alpha value is -1.92. The molecule has 0 bridgehead atoms. The molecule has 1 aliphatic rings. The van der Waals surface area contributed by atoms with Crippen molar-refractivity contribution >= 4 is 15.8 Å². The van der Waals surface area contributed by atoms with Crippen molar-refractivity contribution in [2.75, 3.05) is 5.73 Å². The number of aromatic nitrogens is 1. The van der Waals surface area contributed by atoms with Crippen LogP contribution in [0.3, 0.4) is 0 Å². The second-order valence-corrected chi connectivity index (χ2v) is 6.63. The van der Waals surface area contributed by atoms with Gasteiger partial charge in [-0.2, -0.15) is 0 Å². The molecule has 0 amide bonds. The molecule has 20 heavy (non-hydrogen) atoms. The number of hydrogen-bond donors (Lipinski definition) is 2. The van der Waals surface area contributed by atoms with Crippen LogP contribution >= 0.6 is 0 Å². The molecular formula is C14H15N3O2S. The average molecular weight is 289 g/mol. The fraction of sp³-hybridized carbons (Fsp3) is 0.214. The van der Waals surface area contributed by atoms with Crippen molar-refractivity contribution in [1.29, 1.82) is 0 Å². The molecule has 3 N–H and O–H groups in total. The number of rotatable bonds is 3. The average Bonchev–Trinajstić information content (AvgIpc) is 2.80. The second kappa shape index (κ2) is 4.88. The van der Waals surface area contributed by atoms with E-state index in [9.17, 15) is 8.42 Å². The van der Waals surface area contributed by atoms with Crippen LogP contribution in [0.15, 0.2) is 47.5 Å². The quantitative estimate of drug-likeness (QED) is 0.886. The van der Waals surface area contributed by atoms with Crippen LogP contribution in [0.5, 0.6) is 0 Å². The highest BCUT2D eigenvalue weighted by atomic mass is 32.2. The van der Waals surface area contributed by atoms with Gasteiger partial charge in [-0.25, -0.2) is 18.1 Å². The Bertz CT molecular complexity index is 719. The van der Waals surface area contributed by atoms with Crippen LogP contribution in [-0.2, 0) is 22.9 Å². The molecule has 3 rings (SSSR count). The third kappa shape index (κ3) is 2.52. The third-order valence-corrected chi connectivity index (χ3v) is 4.95. The first kappa shape index (κ1) is 13.1. The number of nitrogen functional groups attached to an aromatic ring is 1. The zero-order valence-electron chi connectivity index (χ0n) is 10.8. The summed E-state index contributed by atoms with van der Waals surface area (Å²) in [5, 5.41) is 0. The SMILES string of the molecule is Nc1cc(S(=O)(=O)NC2Cc3ccccc3C2)ccn1. The van der Waals surface area contributed by atoms with E-state index in [0.717, 1.165) is 12.8 Å². The number of nitrogens with zero attached hydrogens (tertiary/aromatic N) is 1. The first-order valence-corrected chi connectivity index (χ1v) is 7.83. The Kier molecular flexibility index (Phi) is 3.19. The number of hydrogen-bond acceptors (Lipinski definition) is 4. The van der Waals surface area contributed by atoms with Crippen molar-refractivity contribution in [2.45, 2.75) is 23.8 Å². The number of benzene rings is 1. The van der Waals surface area contributed by atoms with E-state index in [0.29, 0.717) is 0 Å². The molecule has 104 valence electrons. The normalized spacial score (nSPS) is 15.2. The molecule has 0 saturated heterocycles. The summed E-state index contributed by atoms with van der Waals surface area (Å²) in [4.78, 5) is 3.96. The van der Waals surface area contributed by atoms with Crippen molar-refractivity contribution in [2.24, 2.45) is 0 Å². The number of sulfonamides is 1. The van der Waals surface area contributed by atoms with Crippen LogP contribution in [0.25, 0.3) is 0 Å². The van der Waals surface area contributed by atoms with Crippen molar-refractivity contribution < 1.29 is 8.42 Å². The standard InChI is InChI=1S/C14H15N3O2S/c15-14-9-13(5-6-16-14)20(18,19)17-12-7-10-3-1-2-4-11(10)8-12/h1-6,9,12,17H,7-8H2,(H2,15,16). The minimum absolute atomic E-state index is 0.105. The van der Waals surface area contributed by atoms with Gasteiger partial charge in [0.2, 0.25) is 10.0 Å². The maximum atomic E-state index is 12.3. The zero-order chi connectivity index (χ0) is 14.2. The summed E-state index contributed by atoms with van der Waals surface area (Å²) in [6, 6.07) is 10.7. The minimum Gasteiger partial charge on any atom is -0.384 e. The van der Waals surface area contributed by atoms with Gasteiger partial charge >= 0.3 is 0 Å². The van der Waals surface area contributed by atoms with Gasteiger partial charge in [-0.1, -0.05) is 24.3 Å². The van der Waals surface area contributed by atoms with E-state index in [-0.39, 0.29) is 16.8 Å². The van der Waals surface area contributed by atoms with Gasteiger partial charge < -0.3 is 5.73 Å². The molecule has 0 fully saturated rings. The van der Waals surface area contributed by atoms with E-state index < -0.39 is 10.0 Å². The molecule has 1 aliphatic carbocycles. The molecule has 0 unspecified atom stereocenters. The second-order valence-electron chi connectivity index (χ2n) is 4.91. The summed E-state index contributed by atoms with van der Waals surface area (Å²) in [6.45, 7) is 0. The molecule has 0 radical (unpaired) electrons. The maximum Gasteiger partial charge on any atom is 0.241 e. The van der Waals surface area contributed by atoms with Crippen LogP contribution in [0, 0.1) is 0 Å². The number of nitrogens with one attached hydrogen (secondary N) is 1. The van der Waals surface area contributed by atoms with Crippen molar-refractivity contribution in [3.05, 3.63) is 53.7 Å². The van der Waals surface area contributed by atoms with Gasteiger partial charge in [0.1, 0.15) is 5.82 Å². The van der Waals surface area contributed by atoms with Gasteiger partial charge in [0.05, 0.1) is 4.90 Å². The van der Waals surface area contributed by atoms with Crippen LogP contribution in [0.2, 0.25) is 0 Å². The van der Waals surface area contributed by atoms with E-state index in [1.165, 1.54) is 29.5 Å². The topological polar surface area (TPSA) is 85.1 Å². The molecule has 5 nitrogen and oxygen atoms in total. The lowest BCUT2D eigenvalue weighted by Gasteiger charge is -2.12. The molecule has 0 saturated carbocycles. The molecule has 1 aromatic heterocycles. The fourth-order valence-corrected chi connectivity index (χ4v) is 3.78. The minimum atomic E-state index is -3.55. The van der Waals surface area contributed by atoms with Crippen LogP contribution in [0.4, 0.5) is 5.82 Å². The van der Waals surface area contributed by atoms with Crippen LogP contribution in [0.1, 0.15) is 11.1 Å². The van der Waals surface area contributed by atoms with Gasteiger partial charge in [0.15, 0.2) is 0 Å². The molecule has 1 aromatic carbocycles. The van der Waals surface area contributed by atoms with E-state index in [1.807, 2.05) is 24.3 Å². The molecule has 0 aliphatic heterocycles. The van der Waals surface area contributed by atoms with Gasteiger partial charge in [-0.05, 0) is 30.0 Å². The lowest BCUT2D eigenvalue weighted by Crippen LogP contribution is -2.35. The van der Waals surface area contributed by atoms with Gasteiger partial charge in [0, 0.05) is 18.3 Å². The molecule has 0 atom stereocenters. The highest BCUT2D eigenvalue weighted by molar-refractivity contribution is 7.89. The molecule has 1 heterocycles. The number of nitrogens with two attached hydrogens (primary N) is 1. The summed E-state index contributed by atoms with van der Waals surface area (Å²) in [5.41, 5.74) is 7.94. The Labute approximate surface area is 117 Å². The van der Waals surface area contributed by atoms with Gasteiger partial charge in [-0.15, -0.1) is 0 Å². The van der Waals surface area contributed by atoms with E-state index in [1.54, 1.807) is 0 Å². The largest absolute Gasteiger partial charge is 0.384 e. The van der Waals surface area contributed by atoms with E-state index >= 15 is 0 Å². The van der Waals surface area contributed by atoms with Crippen molar-refractivity contribution in [3.63, 3.8) is 0 Å². The molecule has 0 spiro atoms. The van der Waals surface area contributed by atoms with Gasteiger partial charge in [-0.3, -0.25) is 0 Å². The summed E-state index contributed by atoms with van der Waals surface area (Å²) in [7, 11) is -3.55. The maximum absolute atomic E-state index is 12.3. The predicted molar refractivity (Wildman–Crippen MR) is 76.6 cm³/mol. The van der Waals surface area contributed by atoms with Crippen LogP contribution in [-0.4, -0.2) is 19.4 Å². The number of pyridine rings is 1. The lowest BCUT2D eigenvalue weighted by atomic mass is 10.1. The Morgan fingerprint density at radius 3 is 2.40 bits per heavy atom. The smallest absolute Gasteiger partial charge is 0.241 e. The zero-order valence-corrected chi connectivity index (χ0v) is 11.6. The number of anilines is 1. The first-order chi connectivity index (χ1) is 9.54. The molecule has 6 heteroatoms. The summed E-state index contributed by atoms with van der Waals surface area (Å²) < 4.78 is 27.3. The summed E-state index contributed by atoms with van der Waals surface area (Å²) >= 11 is 0. The van der Waals surface area contributed by atoms with Crippen LogP contribution < -0.4 is 10.5 Å². The Balaban J connectivity index is 1.79. The fourth-order valence-electron chi connectivity index (χ4n) is 2.52. The predicted octanol–water partition coefficient (Wildman–Crippen LogP) is 1.11.